The Labute approximate surface area is 154 Å². The van der Waals surface area contributed by atoms with E-state index in [2.05, 4.69) is 20.8 Å². The molecule has 0 radical (unpaired) electrons. The highest BCUT2D eigenvalue weighted by Crippen LogP contribution is 2.19. The summed E-state index contributed by atoms with van der Waals surface area (Å²) < 4.78 is 5.02. The zero-order valence-electron chi connectivity index (χ0n) is 14.8. The van der Waals surface area contributed by atoms with Gasteiger partial charge in [0.2, 0.25) is 11.8 Å². The molecule has 0 aromatic carbocycles. The number of rotatable bonds is 10. The van der Waals surface area contributed by atoms with E-state index in [1.165, 1.54) is 13.8 Å². The number of hydrogen-bond acceptors (Lipinski definition) is 9. The lowest BCUT2D eigenvalue weighted by molar-refractivity contribution is -0.141. The van der Waals surface area contributed by atoms with E-state index >= 15 is 0 Å². The van der Waals surface area contributed by atoms with Crippen molar-refractivity contribution in [2.75, 3.05) is 0 Å². The standard InChI is InChI=1S/C14H24N6O7/c1-5(21)9(16)11-19-12(27-20-11)7(3-4-8(15)23)17-14(26)18-10(6(2)22)13(24)25/h5-7,9-10,21-22H,3-4,16H2,1-2H3,(H2,15,23)(H,24,25)(H2,17,18,26)/t5?,6?,7-,9-,10-/m0/s1. The monoisotopic (exact) mass is 388 g/mol. The Morgan fingerprint density at radius 2 is 1.81 bits per heavy atom. The number of carboxylic acids is 1. The van der Waals surface area contributed by atoms with Crippen molar-refractivity contribution in [1.29, 1.82) is 0 Å². The van der Waals surface area contributed by atoms with Crippen molar-refractivity contribution >= 4 is 17.9 Å². The second kappa shape index (κ2) is 9.80. The molecule has 152 valence electrons. The molecular weight excluding hydrogens is 364 g/mol. The fourth-order valence-electron chi connectivity index (χ4n) is 2.01. The molecule has 27 heavy (non-hydrogen) atoms. The summed E-state index contributed by atoms with van der Waals surface area (Å²) in [6, 6.07) is -4.41. The van der Waals surface area contributed by atoms with E-state index in [9.17, 15) is 24.6 Å². The van der Waals surface area contributed by atoms with Crippen LogP contribution in [-0.4, -0.2) is 61.6 Å². The molecule has 13 nitrogen and oxygen atoms in total. The van der Waals surface area contributed by atoms with Crippen LogP contribution in [0.3, 0.4) is 0 Å². The number of aliphatic hydroxyl groups excluding tert-OH is 2. The number of hydrogen-bond donors (Lipinski definition) is 7. The van der Waals surface area contributed by atoms with Crippen molar-refractivity contribution in [2.45, 2.75) is 57.0 Å². The van der Waals surface area contributed by atoms with Crippen molar-refractivity contribution in [3.05, 3.63) is 11.7 Å². The molecule has 1 aromatic rings. The lowest BCUT2D eigenvalue weighted by Crippen LogP contribution is -2.51. The van der Waals surface area contributed by atoms with Gasteiger partial charge < -0.3 is 41.9 Å². The van der Waals surface area contributed by atoms with E-state index in [-0.39, 0.29) is 24.6 Å². The van der Waals surface area contributed by atoms with Crippen molar-refractivity contribution in [1.82, 2.24) is 20.8 Å². The number of carbonyl (C=O) groups is 3. The second-order valence-corrected chi connectivity index (χ2v) is 5.99. The summed E-state index contributed by atoms with van der Waals surface area (Å²) in [5, 5.41) is 36.0. The van der Waals surface area contributed by atoms with Crippen LogP contribution < -0.4 is 22.1 Å². The quantitative estimate of drug-likeness (QED) is 0.231. The maximum atomic E-state index is 12.1. The van der Waals surface area contributed by atoms with Gasteiger partial charge in [-0.2, -0.15) is 4.98 Å². The van der Waals surface area contributed by atoms with Crippen molar-refractivity contribution in [2.24, 2.45) is 11.5 Å². The third-order valence-electron chi connectivity index (χ3n) is 3.59. The fourth-order valence-corrected chi connectivity index (χ4v) is 2.01. The Bertz CT molecular complexity index is 662. The van der Waals surface area contributed by atoms with Gasteiger partial charge in [0.05, 0.1) is 18.2 Å². The van der Waals surface area contributed by atoms with E-state index in [1.54, 1.807) is 0 Å². The number of primary amides is 1. The smallest absolute Gasteiger partial charge is 0.328 e. The minimum absolute atomic E-state index is 0.0132. The molecule has 1 aromatic heterocycles. The summed E-state index contributed by atoms with van der Waals surface area (Å²) in [4.78, 5) is 38.2. The van der Waals surface area contributed by atoms with Crippen LogP contribution in [0.2, 0.25) is 0 Å². The van der Waals surface area contributed by atoms with Gasteiger partial charge in [0.25, 0.3) is 0 Å². The molecule has 1 rings (SSSR count). The molecular formula is C14H24N6O7. The molecule has 0 aliphatic carbocycles. The number of aromatic nitrogens is 2. The van der Waals surface area contributed by atoms with E-state index < -0.39 is 48.2 Å². The molecule has 0 aliphatic rings. The highest BCUT2D eigenvalue weighted by molar-refractivity contribution is 5.83. The zero-order valence-corrected chi connectivity index (χ0v) is 14.8. The van der Waals surface area contributed by atoms with Gasteiger partial charge in [-0.3, -0.25) is 4.79 Å². The molecule has 1 heterocycles. The van der Waals surface area contributed by atoms with Gasteiger partial charge in [-0.1, -0.05) is 5.16 Å². The Morgan fingerprint density at radius 3 is 2.30 bits per heavy atom. The predicted octanol–water partition coefficient (Wildman–Crippen LogP) is -2.11. The molecule has 0 spiro atoms. The molecule has 0 saturated heterocycles. The van der Waals surface area contributed by atoms with Crippen molar-refractivity contribution < 1.29 is 34.2 Å². The second-order valence-electron chi connectivity index (χ2n) is 5.99. The van der Waals surface area contributed by atoms with Gasteiger partial charge in [0.1, 0.15) is 6.04 Å². The van der Waals surface area contributed by atoms with Crippen LogP contribution in [-0.2, 0) is 9.59 Å². The Morgan fingerprint density at radius 1 is 1.19 bits per heavy atom. The Kier molecular flexibility index (Phi) is 8.08. The normalized spacial score (nSPS) is 16.6. The van der Waals surface area contributed by atoms with Crippen LogP contribution in [0.5, 0.6) is 0 Å². The van der Waals surface area contributed by atoms with Gasteiger partial charge in [-0.15, -0.1) is 0 Å². The zero-order chi connectivity index (χ0) is 20.7. The average Bonchev–Trinajstić information content (AvgIpc) is 3.04. The van der Waals surface area contributed by atoms with E-state index in [0.717, 1.165) is 0 Å². The summed E-state index contributed by atoms with van der Waals surface area (Å²) in [7, 11) is 0. The van der Waals surface area contributed by atoms with E-state index in [4.69, 9.17) is 21.1 Å². The van der Waals surface area contributed by atoms with Gasteiger partial charge >= 0.3 is 12.0 Å². The summed E-state index contributed by atoms with van der Waals surface area (Å²) in [5.41, 5.74) is 10.8. The number of carbonyl (C=O) groups excluding carboxylic acids is 2. The largest absolute Gasteiger partial charge is 0.480 e. The number of nitrogens with two attached hydrogens (primary N) is 2. The first-order valence-electron chi connectivity index (χ1n) is 8.06. The third kappa shape index (κ3) is 6.80. The number of nitrogens with one attached hydrogen (secondary N) is 2. The van der Waals surface area contributed by atoms with Crippen molar-refractivity contribution in [3.63, 3.8) is 0 Å². The van der Waals surface area contributed by atoms with E-state index in [0.29, 0.717) is 0 Å². The Hall–Kier alpha value is -2.77. The van der Waals surface area contributed by atoms with Crippen molar-refractivity contribution in [3.8, 4) is 0 Å². The average molecular weight is 388 g/mol. The number of amides is 3. The van der Waals surface area contributed by atoms with Crippen LogP contribution in [0, 0.1) is 0 Å². The highest BCUT2D eigenvalue weighted by Gasteiger charge is 2.28. The van der Waals surface area contributed by atoms with E-state index in [1.807, 2.05) is 0 Å². The van der Waals surface area contributed by atoms with Gasteiger partial charge in [0, 0.05) is 6.42 Å². The number of carboxylic acid groups (broad SMARTS) is 1. The lowest BCUT2D eigenvalue weighted by Gasteiger charge is -2.20. The first kappa shape index (κ1) is 22.3. The van der Waals surface area contributed by atoms with Crippen LogP contribution in [0.4, 0.5) is 4.79 Å². The number of urea groups is 1. The SMILES string of the molecule is CC(O)[C@H](NC(=O)N[C@@H](CCC(N)=O)c1nc([C@@H](N)C(C)O)no1)C(=O)O. The Balaban J connectivity index is 2.93. The molecule has 2 unspecified atom stereocenters. The first-order valence-corrected chi connectivity index (χ1v) is 8.06. The molecule has 0 bridgehead atoms. The number of aliphatic carboxylic acids is 1. The molecule has 0 aliphatic heterocycles. The summed E-state index contributed by atoms with van der Waals surface area (Å²) >= 11 is 0. The fraction of sp³-hybridized carbons (Fsp3) is 0.643. The minimum Gasteiger partial charge on any atom is -0.480 e. The molecule has 0 fully saturated rings. The lowest BCUT2D eigenvalue weighted by atomic mass is 10.1. The van der Waals surface area contributed by atoms with Crippen LogP contribution >= 0.6 is 0 Å². The van der Waals surface area contributed by atoms with Gasteiger partial charge in [0.15, 0.2) is 11.9 Å². The first-order chi connectivity index (χ1) is 12.5. The molecule has 3 amide bonds. The molecule has 5 atom stereocenters. The van der Waals surface area contributed by atoms with Gasteiger partial charge in [-0.25, -0.2) is 9.59 Å². The summed E-state index contributed by atoms with van der Waals surface area (Å²) in [5.74, 6) is -2.20. The predicted molar refractivity (Wildman–Crippen MR) is 88.8 cm³/mol. The van der Waals surface area contributed by atoms with Crippen LogP contribution in [0.1, 0.15) is 50.5 Å². The summed E-state index contributed by atoms with van der Waals surface area (Å²) in [6.07, 6.45) is -2.46. The third-order valence-corrected chi connectivity index (χ3v) is 3.59. The summed E-state index contributed by atoms with van der Waals surface area (Å²) in [6.45, 7) is 2.63. The van der Waals surface area contributed by atoms with Crippen LogP contribution in [0.15, 0.2) is 4.52 Å². The molecule has 9 N–H and O–H groups in total. The highest BCUT2D eigenvalue weighted by atomic mass is 16.5. The maximum Gasteiger partial charge on any atom is 0.328 e. The van der Waals surface area contributed by atoms with Gasteiger partial charge in [-0.05, 0) is 20.3 Å². The number of aliphatic hydroxyl groups is 2. The maximum absolute atomic E-state index is 12.1. The topological polar surface area (TPSA) is 227 Å². The number of nitrogens with zero attached hydrogens (tertiary/aromatic N) is 2. The van der Waals surface area contributed by atoms with Crippen LogP contribution in [0.25, 0.3) is 0 Å². The minimum atomic E-state index is -1.55. The molecule has 13 heteroatoms. The molecule has 0 saturated carbocycles.